The van der Waals surface area contributed by atoms with Gasteiger partial charge in [-0.1, -0.05) is 6.04 Å². The van der Waals surface area contributed by atoms with Crippen LogP contribution >= 0.6 is 0 Å². The molecule has 42 valence electrons. The first-order chi connectivity index (χ1) is 3.18. The molecule has 0 aromatic heterocycles. The van der Waals surface area contributed by atoms with Gasteiger partial charge in [-0.05, 0) is 6.92 Å². The number of aliphatic hydroxyl groups is 1. The van der Waals surface area contributed by atoms with Crippen LogP contribution in [0.15, 0.2) is 0 Å². The minimum absolute atomic E-state index is 0. The van der Waals surface area contributed by atoms with Crippen LogP contribution in [0.3, 0.4) is 0 Å². The summed E-state index contributed by atoms with van der Waals surface area (Å²) in [6.45, 7) is 1.44. The summed E-state index contributed by atoms with van der Waals surface area (Å²) in [4.78, 5) is 9.54. The van der Waals surface area contributed by atoms with Crippen LogP contribution in [0.5, 0.6) is 0 Å². The Morgan fingerprint density at radius 3 is 2.12 bits per heavy atom. The molecular weight excluding hydrogens is 101 g/mol. The van der Waals surface area contributed by atoms with Crippen molar-refractivity contribution in [2.75, 3.05) is 0 Å². The van der Waals surface area contributed by atoms with Gasteiger partial charge in [0, 0.05) is 6.10 Å². The molecular formula is C4H8LiNO2. The Bertz CT molecular complexity index is 67.1. The topological polar surface area (TPSA) is 63.3 Å². The van der Waals surface area contributed by atoms with E-state index in [-0.39, 0.29) is 18.9 Å². The SMILES string of the molecule is C[C@@H](O)[C@H](N)[C-]=O.[Li+]. The Kier molecular flexibility index (Phi) is 7.36. The standard InChI is InChI=1S/C4H8NO2.Li/c1-3(7)4(5)2-6;/h3-4,7H,5H2,1H3;/q-1;+1/t3-,4-;/m1./s1. The van der Waals surface area contributed by atoms with Crippen LogP contribution in [0.1, 0.15) is 6.92 Å². The molecule has 4 heteroatoms. The molecule has 0 aromatic rings. The molecule has 0 saturated heterocycles. The minimum atomic E-state index is -0.847. The van der Waals surface area contributed by atoms with Crippen molar-refractivity contribution in [3.8, 4) is 0 Å². The Hall–Kier alpha value is 0.187. The van der Waals surface area contributed by atoms with Gasteiger partial charge in [0.1, 0.15) is 0 Å². The van der Waals surface area contributed by atoms with Gasteiger partial charge in [-0.3, -0.25) is 0 Å². The molecule has 0 rings (SSSR count). The summed E-state index contributed by atoms with van der Waals surface area (Å²) in [7, 11) is 0. The zero-order chi connectivity index (χ0) is 5.86. The van der Waals surface area contributed by atoms with E-state index in [4.69, 9.17) is 10.8 Å². The van der Waals surface area contributed by atoms with Crippen LogP contribution in [0, 0.1) is 0 Å². The normalized spacial score (nSPS) is 15.9. The Balaban J connectivity index is 0. The van der Waals surface area contributed by atoms with Gasteiger partial charge in [0.05, 0.1) is 0 Å². The second-order valence-corrected chi connectivity index (χ2v) is 1.38. The first-order valence-electron chi connectivity index (χ1n) is 2.00. The van der Waals surface area contributed by atoms with E-state index in [0.717, 1.165) is 0 Å². The molecule has 0 heterocycles. The number of aliphatic hydroxyl groups excluding tert-OH is 1. The van der Waals surface area contributed by atoms with E-state index in [1.54, 1.807) is 0 Å². The molecule has 3 nitrogen and oxygen atoms in total. The average Bonchev–Trinajstić information content (AvgIpc) is 1.65. The summed E-state index contributed by atoms with van der Waals surface area (Å²) < 4.78 is 0. The largest absolute Gasteiger partial charge is 1.00 e. The molecule has 0 aliphatic carbocycles. The van der Waals surface area contributed by atoms with E-state index in [9.17, 15) is 4.79 Å². The van der Waals surface area contributed by atoms with Gasteiger partial charge in [-0.2, -0.15) is 0 Å². The van der Waals surface area contributed by atoms with Crippen LogP contribution in [-0.4, -0.2) is 23.5 Å². The van der Waals surface area contributed by atoms with Crippen molar-refractivity contribution in [3.05, 3.63) is 0 Å². The molecule has 0 fully saturated rings. The fourth-order valence-electron chi connectivity index (χ4n) is 0.0985. The summed E-state index contributed by atoms with van der Waals surface area (Å²) in [5, 5.41) is 8.43. The van der Waals surface area contributed by atoms with Gasteiger partial charge in [-0.25, -0.2) is 6.29 Å². The second-order valence-electron chi connectivity index (χ2n) is 1.38. The molecule has 0 saturated carbocycles. The third kappa shape index (κ3) is 4.35. The minimum Gasteiger partial charge on any atom is -0.540 e. The van der Waals surface area contributed by atoms with Crippen molar-refractivity contribution in [2.24, 2.45) is 5.73 Å². The van der Waals surface area contributed by atoms with Crippen LogP contribution < -0.4 is 24.6 Å². The predicted molar refractivity (Wildman–Crippen MR) is 25.3 cm³/mol. The molecule has 2 atom stereocenters. The van der Waals surface area contributed by atoms with Crippen molar-refractivity contribution in [1.82, 2.24) is 0 Å². The van der Waals surface area contributed by atoms with Crippen LogP contribution in [0.2, 0.25) is 0 Å². The number of hydrogen-bond donors (Lipinski definition) is 2. The summed E-state index contributed by atoms with van der Waals surface area (Å²) in [6, 6.07) is -0.847. The van der Waals surface area contributed by atoms with Crippen molar-refractivity contribution in [1.29, 1.82) is 0 Å². The van der Waals surface area contributed by atoms with Crippen LogP contribution in [0.25, 0.3) is 0 Å². The van der Waals surface area contributed by atoms with Crippen molar-refractivity contribution in [2.45, 2.75) is 19.1 Å². The third-order valence-corrected chi connectivity index (χ3v) is 0.656. The van der Waals surface area contributed by atoms with E-state index in [1.807, 2.05) is 0 Å². The molecule has 0 aromatic carbocycles. The summed E-state index contributed by atoms with van der Waals surface area (Å²) in [6.07, 6.45) is 0.662. The predicted octanol–water partition coefficient (Wildman–Crippen LogP) is -4.19. The maximum Gasteiger partial charge on any atom is 1.00 e. The second kappa shape index (κ2) is 5.33. The zero-order valence-electron chi connectivity index (χ0n) is 5.09. The number of nitrogens with two attached hydrogens (primary N) is 1. The van der Waals surface area contributed by atoms with E-state index >= 15 is 0 Å². The van der Waals surface area contributed by atoms with Crippen LogP contribution in [0.4, 0.5) is 0 Å². The Morgan fingerprint density at radius 2 is 2.12 bits per heavy atom. The fraction of sp³-hybridized carbons (Fsp3) is 0.750. The molecule has 0 spiro atoms. The molecule has 0 unspecified atom stereocenters. The molecule has 8 heavy (non-hydrogen) atoms. The van der Waals surface area contributed by atoms with Gasteiger partial charge in [-0.15, -0.1) is 0 Å². The van der Waals surface area contributed by atoms with E-state index < -0.39 is 12.1 Å². The van der Waals surface area contributed by atoms with E-state index in [0.29, 0.717) is 0 Å². The molecule has 3 N–H and O–H groups in total. The first kappa shape index (κ1) is 11.0. The Labute approximate surface area is 60.4 Å². The van der Waals surface area contributed by atoms with Crippen molar-refractivity contribution >= 4 is 6.29 Å². The molecule has 0 radical (unpaired) electrons. The van der Waals surface area contributed by atoms with E-state index in [2.05, 4.69) is 0 Å². The molecule has 0 aliphatic heterocycles. The summed E-state index contributed by atoms with van der Waals surface area (Å²) in [5.41, 5.74) is 4.94. The summed E-state index contributed by atoms with van der Waals surface area (Å²) >= 11 is 0. The monoisotopic (exact) mass is 109 g/mol. The van der Waals surface area contributed by atoms with Crippen molar-refractivity contribution in [3.63, 3.8) is 0 Å². The molecule has 0 bridgehead atoms. The van der Waals surface area contributed by atoms with Gasteiger partial charge in [0.2, 0.25) is 0 Å². The number of hydrogen-bond acceptors (Lipinski definition) is 3. The maximum absolute atomic E-state index is 9.54. The number of carbonyl (C=O) groups excluding carboxylic acids is 1. The van der Waals surface area contributed by atoms with Gasteiger partial charge < -0.3 is 15.6 Å². The Morgan fingerprint density at radius 1 is 1.75 bits per heavy atom. The van der Waals surface area contributed by atoms with Crippen LogP contribution in [-0.2, 0) is 4.79 Å². The summed E-state index contributed by atoms with van der Waals surface area (Å²) in [5.74, 6) is 0. The fourth-order valence-corrected chi connectivity index (χ4v) is 0.0985. The smallest absolute Gasteiger partial charge is 0.540 e. The number of rotatable bonds is 2. The van der Waals surface area contributed by atoms with Gasteiger partial charge in [0.25, 0.3) is 0 Å². The quantitative estimate of drug-likeness (QED) is 0.279. The zero-order valence-corrected chi connectivity index (χ0v) is 5.09. The van der Waals surface area contributed by atoms with E-state index in [1.165, 1.54) is 13.2 Å². The molecule has 0 aliphatic rings. The third-order valence-electron chi connectivity index (χ3n) is 0.656. The first-order valence-corrected chi connectivity index (χ1v) is 2.00. The van der Waals surface area contributed by atoms with Crippen molar-refractivity contribution < 1.29 is 28.8 Å². The average molecular weight is 109 g/mol. The van der Waals surface area contributed by atoms with Gasteiger partial charge >= 0.3 is 18.9 Å². The van der Waals surface area contributed by atoms with Gasteiger partial charge in [0.15, 0.2) is 0 Å². The maximum atomic E-state index is 9.54. The molecule has 0 amide bonds.